The van der Waals surface area contributed by atoms with Gasteiger partial charge in [-0.1, -0.05) is 18.6 Å². The van der Waals surface area contributed by atoms with Crippen LogP contribution >= 0.6 is 0 Å². The summed E-state index contributed by atoms with van der Waals surface area (Å²) in [5.74, 6) is -0.0450. The number of nitriles is 1. The minimum atomic E-state index is -0.0450. The zero-order valence-corrected chi connectivity index (χ0v) is 11.2. The van der Waals surface area contributed by atoms with Crippen LogP contribution in [0.3, 0.4) is 0 Å². The fourth-order valence-corrected chi connectivity index (χ4v) is 2.46. The fourth-order valence-electron chi connectivity index (χ4n) is 2.46. The molecule has 1 heterocycles. The average molecular weight is 257 g/mol. The third kappa shape index (κ3) is 3.55. The summed E-state index contributed by atoms with van der Waals surface area (Å²) in [7, 11) is 0. The predicted molar refractivity (Wildman–Crippen MR) is 74.7 cm³/mol. The number of nitrogens with one attached hydrogen (secondary N) is 1. The molecule has 1 unspecified atom stereocenters. The molecular weight excluding hydrogens is 238 g/mol. The Balaban J connectivity index is 1.96. The molecule has 19 heavy (non-hydrogen) atoms. The normalized spacial score (nSPS) is 19.7. The third-order valence-electron chi connectivity index (χ3n) is 3.61. The molecule has 4 nitrogen and oxygen atoms in total. The van der Waals surface area contributed by atoms with E-state index < -0.39 is 0 Å². The van der Waals surface area contributed by atoms with Crippen LogP contribution < -0.4 is 5.32 Å². The van der Waals surface area contributed by atoms with E-state index >= 15 is 0 Å². The summed E-state index contributed by atoms with van der Waals surface area (Å²) >= 11 is 0. The zero-order valence-electron chi connectivity index (χ0n) is 11.2. The molecule has 0 spiro atoms. The maximum absolute atomic E-state index is 12.0. The van der Waals surface area contributed by atoms with Crippen LogP contribution in [0.25, 0.3) is 0 Å². The molecule has 100 valence electrons. The Morgan fingerprint density at radius 3 is 3.00 bits per heavy atom. The van der Waals surface area contributed by atoms with Crippen molar-refractivity contribution < 1.29 is 4.79 Å². The molecule has 1 amide bonds. The molecule has 1 N–H and O–H groups in total. The van der Waals surface area contributed by atoms with Crippen molar-refractivity contribution in [1.29, 1.82) is 5.26 Å². The minimum absolute atomic E-state index is 0.0450. The van der Waals surface area contributed by atoms with E-state index in [1.165, 1.54) is 6.42 Å². The first-order valence-corrected chi connectivity index (χ1v) is 6.73. The Morgan fingerprint density at radius 1 is 1.47 bits per heavy atom. The van der Waals surface area contributed by atoms with E-state index in [0.29, 0.717) is 23.8 Å². The van der Waals surface area contributed by atoms with E-state index in [1.54, 1.807) is 18.2 Å². The first kappa shape index (κ1) is 13.6. The molecule has 1 atom stereocenters. The maximum Gasteiger partial charge on any atom is 0.238 e. The van der Waals surface area contributed by atoms with Gasteiger partial charge in [0, 0.05) is 6.04 Å². The van der Waals surface area contributed by atoms with E-state index in [0.717, 1.165) is 19.4 Å². The van der Waals surface area contributed by atoms with Crippen LogP contribution in [-0.2, 0) is 4.79 Å². The SMILES string of the molecule is CC1CCCCN1CC(=O)Nc1ccccc1C#N. The molecule has 1 aromatic rings. The number of rotatable bonds is 3. The Labute approximate surface area is 114 Å². The van der Waals surface area contributed by atoms with Gasteiger partial charge in [0.15, 0.2) is 0 Å². The zero-order chi connectivity index (χ0) is 13.7. The molecule has 1 aromatic carbocycles. The Kier molecular flexibility index (Phi) is 4.53. The number of carbonyl (C=O) groups excluding carboxylic acids is 1. The van der Waals surface area contributed by atoms with Gasteiger partial charge in [0.2, 0.25) is 5.91 Å². The van der Waals surface area contributed by atoms with Crippen molar-refractivity contribution in [3.63, 3.8) is 0 Å². The summed E-state index contributed by atoms with van der Waals surface area (Å²) in [4.78, 5) is 14.2. The van der Waals surface area contributed by atoms with Crippen molar-refractivity contribution in [1.82, 2.24) is 4.90 Å². The van der Waals surface area contributed by atoms with Gasteiger partial charge in [0.1, 0.15) is 6.07 Å². The van der Waals surface area contributed by atoms with E-state index in [2.05, 4.69) is 23.2 Å². The fraction of sp³-hybridized carbons (Fsp3) is 0.467. The number of hydrogen-bond donors (Lipinski definition) is 1. The molecule has 0 radical (unpaired) electrons. The van der Waals surface area contributed by atoms with E-state index in [-0.39, 0.29) is 5.91 Å². The molecule has 0 saturated carbocycles. The predicted octanol–water partition coefficient (Wildman–Crippen LogP) is 2.37. The Morgan fingerprint density at radius 2 is 2.26 bits per heavy atom. The van der Waals surface area contributed by atoms with Gasteiger partial charge < -0.3 is 5.32 Å². The summed E-state index contributed by atoms with van der Waals surface area (Å²) in [6.45, 7) is 3.55. The average Bonchev–Trinajstić information content (AvgIpc) is 2.42. The third-order valence-corrected chi connectivity index (χ3v) is 3.61. The number of carbonyl (C=O) groups is 1. The molecule has 1 saturated heterocycles. The minimum Gasteiger partial charge on any atom is -0.324 e. The largest absolute Gasteiger partial charge is 0.324 e. The molecule has 0 aliphatic carbocycles. The summed E-state index contributed by atoms with van der Waals surface area (Å²) < 4.78 is 0. The molecule has 0 aromatic heterocycles. The van der Waals surface area contributed by atoms with Crippen LogP contribution in [0.5, 0.6) is 0 Å². The van der Waals surface area contributed by atoms with Crippen molar-refractivity contribution in [2.75, 3.05) is 18.4 Å². The lowest BCUT2D eigenvalue weighted by Gasteiger charge is -2.32. The van der Waals surface area contributed by atoms with Crippen LogP contribution in [0.15, 0.2) is 24.3 Å². The van der Waals surface area contributed by atoms with Gasteiger partial charge in [0.05, 0.1) is 17.8 Å². The topological polar surface area (TPSA) is 56.1 Å². The van der Waals surface area contributed by atoms with Crippen LogP contribution in [0.4, 0.5) is 5.69 Å². The molecule has 4 heteroatoms. The molecule has 1 fully saturated rings. The smallest absolute Gasteiger partial charge is 0.238 e. The van der Waals surface area contributed by atoms with Gasteiger partial charge in [-0.3, -0.25) is 9.69 Å². The standard InChI is InChI=1S/C15H19N3O/c1-12-6-4-5-9-18(12)11-15(19)17-14-8-3-2-7-13(14)10-16/h2-3,7-8,12H,4-6,9,11H2,1H3,(H,17,19). The van der Waals surface area contributed by atoms with Crippen molar-refractivity contribution in [3.8, 4) is 6.07 Å². The number of para-hydroxylation sites is 1. The van der Waals surface area contributed by atoms with Crippen molar-refractivity contribution >= 4 is 11.6 Å². The molecule has 0 bridgehead atoms. The second-order valence-corrected chi connectivity index (χ2v) is 5.02. The summed E-state index contributed by atoms with van der Waals surface area (Å²) in [5, 5.41) is 11.8. The van der Waals surface area contributed by atoms with Gasteiger partial charge in [-0.15, -0.1) is 0 Å². The molecule has 1 aliphatic heterocycles. The quantitative estimate of drug-likeness (QED) is 0.904. The van der Waals surface area contributed by atoms with E-state index in [1.807, 2.05) is 6.07 Å². The lowest BCUT2D eigenvalue weighted by Crippen LogP contribution is -2.42. The van der Waals surface area contributed by atoms with Crippen LogP contribution in [0, 0.1) is 11.3 Å². The Bertz CT molecular complexity index is 492. The van der Waals surface area contributed by atoms with Crippen molar-refractivity contribution in [3.05, 3.63) is 29.8 Å². The first-order valence-electron chi connectivity index (χ1n) is 6.73. The lowest BCUT2D eigenvalue weighted by atomic mass is 10.0. The highest BCUT2D eigenvalue weighted by atomic mass is 16.2. The van der Waals surface area contributed by atoms with Gasteiger partial charge in [-0.2, -0.15) is 5.26 Å². The highest BCUT2D eigenvalue weighted by molar-refractivity contribution is 5.93. The van der Waals surface area contributed by atoms with E-state index in [4.69, 9.17) is 5.26 Å². The highest BCUT2D eigenvalue weighted by Crippen LogP contribution is 2.17. The molecule has 1 aliphatic rings. The van der Waals surface area contributed by atoms with Gasteiger partial charge in [-0.05, 0) is 38.4 Å². The second kappa shape index (κ2) is 6.35. The number of benzene rings is 1. The number of likely N-dealkylation sites (tertiary alicyclic amines) is 1. The van der Waals surface area contributed by atoms with Crippen LogP contribution in [0.2, 0.25) is 0 Å². The highest BCUT2D eigenvalue weighted by Gasteiger charge is 2.20. The maximum atomic E-state index is 12.0. The summed E-state index contributed by atoms with van der Waals surface area (Å²) in [6, 6.07) is 9.63. The van der Waals surface area contributed by atoms with Gasteiger partial charge in [-0.25, -0.2) is 0 Å². The number of amides is 1. The van der Waals surface area contributed by atoms with Crippen molar-refractivity contribution in [2.24, 2.45) is 0 Å². The van der Waals surface area contributed by atoms with Crippen LogP contribution in [-0.4, -0.2) is 29.9 Å². The molecule has 2 rings (SSSR count). The number of hydrogen-bond acceptors (Lipinski definition) is 3. The lowest BCUT2D eigenvalue weighted by molar-refractivity contribution is -0.118. The number of nitrogens with zero attached hydrogens (tertiary/aromatic N) is 2. The second-order valence-electron chi connectivity index (χ2n) is 5.02. The van der Waals surface area contributed by atoms with E-state index in [9.17, 15) is 4.79 Å². The number of anilines is 1. The molecular formula is C15H19N3O. The Hall–Kier alpha value is -1.86. The first-order chi connectivity index (χ1) is 9.20. The summed E-state index contributed by atoms with van der Waals surface area (Å²) in [6.07, 6.45) is 3.56. The number of piperidine rings is 1. The summed E-state index contributed by atoms with van der Waals surface area (Å²) in [5.41, 5.74) is 1.10. The van der Waals surface area contributed by atoms with Crippen LogP contribution in [0.1, 0.15) is 31.7 Å². The van der Waals surface area contributed by atoms with Gasteiger partial charge in [0.25, 0.3) is 0 Å². The monoisotopic (exact) mass is 257 g/mol. The van der Waals surface area contributed by atoms with Gasteiger partial charge >= 0.3 is 0 Å². The van der Waals surface area contributed by atoms with Crippen molar-refractivity contribution in [2.45, 2.75) is 32.2 Å².